The van der Waals surface area contributed by atoms with Gasteiger partial charge in [0.2, 0.25) is 5.91 Å². The van der Waals surface area contributed by atoms with Gasteiger partial charge < -0.3 is 30.4 Å². The number of benzene rings is 1. The highest BCUT2D eigenvalue weighted by atomic mass is 16.5. The first kappa shape index (κ1) is 20.6. The number of nitrogens with one attached hydrogen (secondary N) is 1. The summed E-state index contributed by atoms with van der Waals surface area (Å²) in [5.74, 6) is 0.171. The Bertz CT molecular complexity index is 834. The van der Waals surface area contributed by atoms with E-state index in [-0.39, 0.29) is 24.3 Å². The lowest BCUT2D eigenvalue weighted by Crippen LogP contribution is -2.64. The Morgan fingerprint density at radius 3 is 2.59 bits per heavy atom. The van der Waals surface area contributed by atoms with Gasteiger partial charge >= 0.3 is 6.03 Å². The number of ether oxygens (including phenoxy) is 1. The quantitative estimate of drug-likeness (QED) is 0.672. The van der Waals surface area contributed by atoms with Gasteiger partial charge in [0.15, 0.2) is 0 Å². The molecule has 1 atom stereocenters. The molecule has 0 radical (unpaired) electrons. The molecule has 1 saturated heterocycles. The molecule has 2 aliphatic heterocycles. The fraction of sp³-hybridized carbons (Fsp3) is 0.500. The number of urea groups is 1. The van der Waals surface area contributed by atoms with Gasteiger partial charge in [0.1, 0.15) is 17.6 Å². The SMILES string of the molecule is COc1ccc2c(c1)CN(CC(C=O)(NC(N)=O)C1CCN(C(C)=O)CC1)C2=O. The molecule has 2 heterocycles. The molecule has 0 aliphatic carbocycles. The molecular weight excluding hydrogens is 376 g/mol. The zero-order valence-corrected chi connectivity index (χ0v) is 16.6. The predicted octanol–water partition coefficient (Wildman–Crippen LogP) is 0.516. The molecule has 3 rings (SSSR count). The van der Waals surface area contributed by atoms with Gasteiger partial charge in [-0.25, -0.2) is 4.79 Å². The summed E-state index contributed by atoms with van der Waals surface area (Å²) in [4.78, 5) is 51.7. The van der Waals surface area contributed by atoms with Crippen molar-refractivity contribution in [2.75, 3.05) is 26.7 Å². The van der Waals surface area contributed by atoms with Crippen LogP contribution in [0.25, 0.3) is 0 Å². The fourth-order valence-corrected chi connectivity index (χ4v) is 4.30. The molecule has 29 heavy (non-hydrogen) atoms. The van der Waals surface area contributed by atoms with Crippen LogP contribution in [0.4, 0.5) is 4.79 Å². The molecule has 9 nitrogen and oxygen atoms in total. The number of nitrogens with zero attached hydrogens (tertiary/aromatic N) is 2. The standard InChI is InChI=1S/C20H26N4O5/c1-13(26)23-7-5-15(6-8-23)20(12-25,22-19(21)28)11-24-10-14-9-16(29-2)3-4-17(14)18(24)27/h3-4,9,12,15H,5-8,10-11H2,1-2H3,(H3,21,22,28). The molecule has 1 aromatic carbocycles. The van der Waals surface area contributed by atoms with Gasteiger partial charge in [-0.2, -0.15) is 0 Å². The second-order valence-electron chi connectivity index (χ2n) is 7.61. The van der Waals surface area contributed by atoms with Crippen molar-refractivity contribution in [3.63, 3.8) is 0 Å². The zero-order chi connectivity index (χ0) is 21.2. The van der Waals surface area contributed by atoms with Crippen LogP contribution in [-0.2, 0) is 16.1 Å². The number of primary amides is 1. The van der Waals surface area contributed by atoms with E-state index in [2.05, 4.69) is 5.32 Å². The van der Waals surface area contributed by atoms with Crippen molar-refractivity contribution in [3.8, 4) is 5.75 Å². The fourth-order valence-electron chi connectivity index (χ4n) is 4.30. The van der Waals surface area contributed by atoms with Gasteiger partial charge in [-0.15, -0.1) is 0 Å². The first-order valence-corrected chi connectivity index (χ1v) is 9.55. The van der Waals surface area contributed by atoms with E-state index in [0.29, 0.717) is 50.1 Å². The number of carbonyl (C=O) groups is 4. The maximum absolute atomic E-state index is 12.9. The second kappa shape index (κ2) is 8.10. The lowest BCUT2D eigenvalue weighted by Gasteiger charge is -2.43. The molecule has 1 unspecified atom stereocenters. The van der Waals surface area contributed by atoms with Crippen molar-refractivity contribution in [3.05, 3.63) is 29.3 Å². The number of amides is 4. The van der Waals surface area contributed by atoms with E-state index in [1.807, 2.05) is 0 Å². The number of carbonyl (C=O) groups excluding carboxylic acids is 4. The summed E-state index contributed by atoms with van der Waals surface area (Å²) in [7, 11) is 1.55. The third-order valence-corrected chi connectivity index (χ3v) is 5.88. The number of piperidine rings is 1. The molecular formula is C20H26N4O5. The maximum atomic E-state index is 12.9. The van der Waals surface area contributed by atoms with Crippen LogP contribution in [0.5, 0.6) is 5.75 Å². The van der Waals surface area contributed by atoms with Gasteiger partial charge in [0.05, 0.1) is 13.7 Å². The van der Waals surface area contributed by atoms with Gasteiger partial charge in [0, 0.05) is 32.1 Å². The van der Waals surface area contributed by atoms with Crippen molar-refractivity contribution < 1.29 is 23.9 Å². The average Bonchev–Trinajstić information content (AvgIpc) is 3.01. The van der Waals surface area contributed by atoms with Crippen LogP contribution in [0.1, 0.15) is 35.7 Å². The largest absolute Gasteiger partial charge is 0.497 e. The van der Waals surface area contributed by atoms with Crippen molar-refractivity contribution in [2.24, 2.45) is 11.7 Å². The van der Waals surface area contributed by atoms with E-state index < -0.39 is 11.6 Å². The Labute approximate surface area is 169 Å². The second-order valence-corrected chi connectivity index (χ2v) is 7.61. The monoisotopic (exact) mass is 402 g/mol. The number of nitrogens with two attached hydrogens (primary N) is 1. The topological polar surface area (TPSA) is 122 Å². The predicted molar refractivity (Wildman–Crippen MR) is 104 cm³/mol. The van der Waals surface area contributed by atoms with Crippen LogP contribution in [-0.4, -0.2) is 66.2 Å². The Morgan fingerprint density at radius 2 is 2.03 bits per heavy atom. The summed E-state index contributed by atoms with van der Waals surface area (Å²) in [5.41, 5.74) is 5.42. The minimum atomic E-state index is -1.31. The number of likely N-dealkylation sites (tertiary alicyclic amines) is 1. The highest BCUT2D eigenvalue weighted by molar-refractivity contribution is 5.99. The van der Waals surface area contributed by atoms with Crippen molar-refractivity contribution >= 4 is 24.1 Å². The van der Waals surface area contributed by atoms with Crippen molar-refractivity contribution in [2.45, 2.75) is 31.8 Å². The summed E-state index contributed by atoms with van der Waals surface area (Å²) >= 11 is 0. The van der Waals surface area contributed by atoms with E-state index in [1.54, 1.807) is 35.1 Å². The van der Waals surface area contributed by atoms with E-state index in [9.17, 15) is 19.2 Å². The highest BCUT2D eigenvalue weighted by Gasteiger charge is 2.45. The van der Waals surface area contributed by atoms with Crippen LogP contribution in [0.15, 0.2) is 18.2 Å². The number of fused-ring (bicyclic) bond motifs is 1. The van der Waals surface area contributed by atoms with Crippen LogP contribution in [0.2, 0.25) is 0 Å². The Hall–Kier alpha value is -3.10. The molecule has 2 aliphatic rings. The third kappa shape index (κ3) is 4.03. The van der Waals surface area contributed by atoms with Gasteiger partial charge in [0.25, 0.3) is 5.91 Å². The molecule has 4 amide bonds. The summed E-state index contributed by atoms with van der Waals surface area (Å²) < 4.78 is 5.22. The summed E-state index contributed by atoms with van der Waals surface area (Å²) in [5, 5.41) is 2.60. The lowest BCUT2D eigenvalue weighted by atomic mass is 9.78. The van der Waals surface area contributed by atoms with Crippen molar-refractivity contribution in [1.82, 2.24) is 15.1 Å². The number of rotatable bonds is 6. The maximum Gasteiger partial charge on any atom is 0.313 e. The van der Waals surface area contributed by atoms with Crippen LogP contribution >= 0.6 is 0 Å². The lowest BCUT2D eigenvalue weighted by molar-refractivity contribution is -0.130. The number of hydrogen-bond acceptors (Lipinski definition) is 5. The molecule has 3 N–H and O–H groups in total. The molecule has 0 bridgehead atoms. The third-order valence-electron chi connectivity index (χ3n) is 5.88. The summed E-state index contributed by atoms with van der Waals surface area (Å²) in [6.45, 7) is 2.81. The first-order chi connectivity index (χ1) is 13.8. The molecule has 1 aromatic rings. The van der Waals surface area contributed by atoms with Gasteiger partial charge in [-0.05, 0) is 42.5 Å². The van der Waals surface area contributed by atoms with Crippen LogP contribution < -0.4 is 15.8 Å². The number of aldehydes is 1. The summed E-state index contributed by atoms with van der Waals surface area (Å²) in [6, 6.07) is 4.39. The van der Waals surface area contributed by atoms with Crippen molar-refractivity contribution in [1.29, 1.82) is 0 Å². The Kier molecular flexibility index (Phi) is 5.76. The molecule has 9 heteroatoms. The van der Waals surface area contributed by atoms with Gasteiger partial charge in [-0.1, -0.05) is 0 Å². The van der Waals surface area contributed by atoms with Gasteiger partial charge in [-0.3, -0.25) is 9.59 Å². The minimum Gasteiger partial charge on any atom is -0.497 e. The Morgan fingerprint density at radius 1 is 1.34 bits per heavy atom. The molecule has 0 aromatic heterocycles. The average molecular weight is 402 g/mol. The molecule has 156 valence electrons. The summed E-state index contributed by atoms with van der Waals surface area (Å²) in [6.07, 6.45) is 1.74. The zero-order valence-electron chi connectivity index (χ0n) is 16.6. The van der Waals surface area contributed by atoms with E-state index in [4.69, 9.17) is 10.5 Å². The first-order valence-electron chi connectivity index (χ1n) is 9.55. The molecule has 0 saturated carbocycles. The molecule has 0 spiro atoms. The van der Waals surface area contributed by atoms with Crippen LogP contribution in [0, 0.1) is 5.92 Å². The number of methoxy groups -OCH3 is 1. The van der Waals surface area contributed by atoms with Crippen LogP contribution in [0.3, 0.4) is 0 Å². The Balaban J connectivity index is 1.83. The van der Waals surface area contributed by atoms with E-state index in [0.717, 1.165) is 5.56 Å². The molecule has 1 fully saturated rings. The smallest absolute Gasteiger partial charge is 0.313 e. The van der Waals surface area contributed by atoms with E-state index in [1.165, 1.54) is 6.92 Å². The normalized spacial score (nSPS) is 18.8. The number of hydrogen-bond donors (Lipinski definition) is 2. The van der Waals surface area contributed by atoms with E-state index >= 15 is 0 Å². The minimum absolute atomic E-state index is 0.0139. The highest BCUT2D eigenvalue weighted by Crippen LogP contribution is 2.32.